The second-order valence-corrected chi connectivity index (χ2v) is 5.02. The van der Waals surface area contributed by atoms with Crippen LogP contribution >= 0.6 is 0 Å². The predicted molar refractivity (Wildman–Crippen MR) is 64.3 cm³/mol. The zero-order valence-corrected chi connectivity index (χ0v) is 10.6. The van der Waals surface area contributed by atoms with Gasteiger partial charge in [0.2, 0.25) is 0 Å². The van der Waals surface area contributed by atoms with E-state index in [4.69, 9.17) is 9.84 Å². The molecule has 0 spiro atoms. The standard InChI is InChI=1S/C12H20N2O4/c1-8-10(4-7-18-8)13-12(17)14-5-2-9(3-6-14)11(15)16/h8-10H,2-7H2,1H3,(H,13,17)(H,15,16). The third-order valence-corrected chi connectivity index (χ3v) is 3.82. The molecule has 2 N–H and O–H groups in total. The van der Waals surface area contributed by atoms with Crippen molar-refractivity contribution in [1.29, 1.82) is 0 Å². The van der Waals surface area contributed by atoms with E-state index in [0.717, 1.165) is 6.42 Å². The smallest absolute Gasteiger partial charge is 0.317 e. The molecule has 0 aliphatic carbocycles. The molecule has 0 aromatic carbocycles. The maximum absolute atomic E-state index is 12.0. The molecule has 2 aliphatic heterocycles. The van der Waals surface area contributed by atoms with Gasteiger partial charge in [0, 0.05) is 19.7 Å². The maximum atomic E-state index is 12.0. The molecule has 0 saturated carbocycles. The zero-order valence-electron chi connectivity index (χ0n) is 10.6. The fourth-order valence-corrected chi connectivity index (χ4v) is 2.50. The van der Waals surface area contributed by atoms with E-state index in [2.05, 4.69) is 5.32 Å². The molecular weight excluding hydrogens is 236 g/mol. The third-order valence-electron chi connectivity index (χ3n) is 3.82. The molecule has 2 aliphatic rings. The summed E-state index contributed by atoms with van der Waals surface area (Å²) in [6.07, 6.45) is 1.99. The highest BCUT2D eigenvalue weighted by Crippen LogP contribution is 2.18. The van der Waals surface area contributed by atoms with E-state index in [1.807, 2.05) is 6.92 Å². The van der Waals surface area contributed by atoms with Gasteiger partial charge in [0.05, 0.1) is 18.1 Å². The van der Waals surface area contributed by atoms with Crippen molar-refractivity contribution in [1.82, 2.24) is 10.2 Å². The van der Waals surface area contributed by atoms with Crippen LogP contribution in [0.3, 0.4) is 0 Å². The molecule has 2 heterocycles. The molecule has 102 valence electrons. The fourth-order valence-electron chi connectivity index (χ4n) is 2.50. The Hall–Kier alpha value is -1.30. The number of likely N-dealkylation sites (tertiary alicyclic amines) is 1. The van der Waals surface area contributed by atoms with Crippen molar-refractivity contribution in [3.63, 3.8) is 0 Å². The van der Waals surface area contributed by atoms with Crippen LogP contribution in [0.15, 0.2) is 0 Å². The summed E-state index contributed by atoms with van der Waals surface area (Å²) >= 11 is 0. The van der Waals surface area contributed by atoms with Crippen molar-refractivity contribution < 1.29 is 19.4 Å². The summed E-state index contributed by atoms with van der Waals surface area (Å²) in [7, 11) is 0. The van der Waals surface area contributed by atoms with Gasteiger partial charge in [0.15, 0.2) is 0 Å². The Balaban J connectivity index is 1.79. The van der Waals surface area contributed by atoms with Gasteiger partial charge >= 0.3 is 12.0 Å². The van der Waals surface area contributed by atoms with Gasteiger partial charge in [-0.15, -0.1) is 0 Å². The van der Waals surface area contributed by atoms with Crippen LogP contribution in [0.4, 0.5) is 4.79 Å². The van der Waals surface area contributed by atoms with Crippen LogP contribution in [0, 0.1) is 5.92 Å². The number of nitrogens with zero attached hydrogens (tertiary/aromatic N) is 1. The van der Waals surface area contributed by atoms with Gasteiger partial charge in [-0.05, 0) is 26.2 Å². The molecule has 0 bridgehead atoms. The van der Waals surface area contributed by atoms with Gasteiger partial charge in [-0.2, -0.15) is 0 Å². The van der Waals surface area contributed by atoms with Gasteiger partial charge in [-0.25, -0.2) is 4.79 Å². The minimum atomic E-state index is -0.757. The Bertz CT molecular complexity index is 326. The maximum Gasteiger partial charge on any atom is 0.317 e. The summed E-state index contributed by atoms with van der Waals surface area (Å²) in [6.45, 7) is 3.68. The summed E-state index contributed by atoms with van der Waals surface area (Å²) in [5.41, 5.74) is 0. The van der Waals surface area contributed by atoms with Crippen molar-refractivity contribution in [3.05, 3.63) is 0 Å². The average molecular weight is 256 g/mol. The summed E-state index contributed by atoms with van der Waals surface area (Å²) in [4.78, 5) is 24.5. The van der Waals surface area contributed by atoms with Gasteiger partial charge in [-0.1, -0.05) is 0 Å². The minimum absolute atomic E-state index is 0.0607. The molecule has 0 aromatic rings. The van der Waals surface area contributed by atoms with Crippen molar-refractivity contribution in [2.45, 2.75) is 38.3 Å². The van der Waals surface area contributed by atoms with Crippen LogP contribution < -0.4 is 5.32 Å². The van der Waals surface area contributed by atoms with Gasteiger partial charge in [-0.3, -0.25) is 4.79 Å². The first-order chi connectivity index (χ1) is 8.58. The van der Waals surface area contributed by atoms with E-state index in [1.165, 1.54) is 0 Å². The number of hydrogen-bond acceptors (Lipinski definition) is 3. The number of amides is 2. The monoisotopic (exact) mass is 256 g/mol. The van der Waals surface area contributed by atoms with E-state index in [9.17, 15) is 9.59 Å². The molecule has 6 heteroatoms. The molecule has 2 rings (SSSR count). The highest BCUT2D eigenvalue weighted by Gasteiger charge is 2.30. The number of carboxylic acids is 1. The van der Waals surface area contributed by atoms with Crippen LogP contribution in [0.2, 0.25) is 0 Å². The van der Waals surface area contributed by atoms with Crippen molar-refractivity contribution in [2.24, 2.45) is 5.92 Å². The van der Waals surface area contributed by atoms with Gasteiger partial charge in [0.1, 0.15) is 0 Å². The Morgan fingerprint density at radius 3 is 2.44 bits per heavy atom. The fraction of sp³-hybridized carbons (Fsp3) is 0.833. The Morgan fingerprint density at radius 2 is 1.94 bits per heavy atom. The summed E-state index contributed by atoms with van der Waals surface area (Å²) in [5.74, 6) is -1.06. The second kappa shape index (κ2) is 5.56. The summed E-state index contributed by atoms with van der Waals surface area (Å²) in [5, 5.41) is 11.8. The second-order valence-electron chi connectivity index (χ2n) is 5.02. The number of aliphatic carboxylic acids is 1. The van der Waals surface area contributed by atoms with Gasteiger partial charge < -0.3 is 20.1 Å². The Labute approximate surface area is 106 Å². The van der Waals surface area contributed by atoms with Gasteiger partial charge in [0.25, 0.3) is 0 Å². The molecular formula is C12H20N2O4. The normalized spacial score (nSPS) is 29.3. The number of hydrogen-bond donors (Lipinski definition) is 2. The lowest BCUT2D eigenvalue weighted by atomic mass is 9.97. The lowest BCUT2D eigenvalue weighted by Gasteiger charge is -2.31. The first-order valence-corrected chi connectivity index (χ1v) is 6.48. The minimum Gasteiger partial charge on any atom is -0.481 e. The molecule has 18 heavy (non-hydrogen) atoms. The number of nitrogens with one attached hydrogen (secondary N) is 1. The van der Waals surface area contributed by atoms with Crippen LogP contribution in [-0.2, 0) is 9.53 Å². The largest absolute Gasteiger partial charge is 0.481 e. The number of ether oxygens (including phenoxy) is 1. The van der Waals surface area contributed by atoms with Crippen LogP contribution in [0.1, 0.15) is 26.2 Å². The number of rotatable bonds is 2. The van der Waals surface area contributed by atoms with E-state index >= 15 is 0 Å². The topological polar surface area (TPSA) is 78.9 Å². The molecule has 2 saturated heterocycles. The highest BCUT2D eigenvalue weighted by atomic mass is 16.5. The van der Waals surface area contributed by atoms with Crippen molar-refractivity contribution in [3.8, 4) is 0 Å². The molecule has 0 radical (unpaired) electrons. The molecule has 2 fully saturated rings. The van der Waals surface area contributed by atoms with Crippen LogP contribution in [-0.4, -0.2) is 53.8 Å². The van der Waals surface area contributed by atoms with E-state index in [-0.39, 0.29) is 24.1 Å². The molecule has 2 unspecified atom stereocenters. The molecule has 2 atom stereocenters. The first-order valence-electron chi connectivity index (χ1n) is 6.48. The highest BCUT2D eigenvalue weighted by molar-refractivity contribution is 5.75. The van der Waals surface area contributed by atoms with Crippen LogP contribution in [0.25, 0.3) is 0 Å². The Kier molecular flexibility index (Phi) is 4.06. The van der Waals surface area contributed by atoms with Crippen molar-refractivity contribution in [2.75, 3.05) is 19.7 Å². The lowest BCUT2D eigenvalue weighted by Crippen LogP contribution is -2.50. The predicted octanol–water partition coefficient (Wildman–Crippen LogP) is 0.670. The van der Waals surface area contributed by atoms with Crippen molar-refractivity contribution >= 4 is 12.0 Å². The lowest BCUT2D eigenvalue weighted by molar-refractivity contribution is -0.143. The molecule has 2 amide bonds. The molecule has 6 nitrogen and oxygen atoms in total. The number of carbonyl (C=O) groups excluding carboxylic acids is 1. The number of carboxylic acid groups (broad SMARTS) is 1. The van der Waals surface area contributed by atoms with Crippen LogP contribution in [0.5, 0.6) is 0 Å². The third kappa shape index (κ3) is 2.93. The van der Waals surface area contributed by atoms with E-state index < -0.39 is 5.97 Å². The number of piperidine rings is 1. The average Bonchev–Trinajstić information content (AvgIpc) is 2.75. The first kappa shape index (κ1) is 13.1. The SMILES string of the molecule is CC1OCCC1NC(=O)N1CCC(C(=O)O)CC1. The Morgan fingerprint density at radius 1 is 1.28 bits per heavy atom. The molecule has 0 aromatic heterocycles. The zero-order chi connectivity index (χ0) is 13.1. The number of urea groups is 1. The van der Waals surface area contributed by atoms with E-state index in [0.29, 0.717) is 32.5 Å². The van der Waals surface area contributed by atoms with E-state index in [1.54, 1.807) is 4.90 Å². The number of carbonyl (C=O) groups is 2. The summed E-state index contributed by atoms with van der Waals surface area (Å²) in [6, 6.07) is -0.0177. The summed E-state index contributed by atoms with van der Waals surface area (Å²) < 4.78 is 5.39. The quantitative estimate of drug-likeness (QED) is 0.761.